The maximum atomic E-state index is 13.1. The van der Waals surface area contributed by atoms with E-state index in [0.29, 0.717) is 11.4 Å². The van der Waals surface area contributed by atoms with E-state index in [-0.39, 0.29) is 16.3 Å². The molecule has 32 heavy (non-hydrogen) atoms. The van der Waals surface area contributed by atoms with E-state index in [9.17, 15) is 13.2 Å². The van der Waals surface area contributed by atoms with Crippen molar-refractivity contribution in [2.75, 3.05) is 12.4 Å². The van der Waals surface area contributed by atoms with Gasteiger partial charge in [0.2, 0.25) is 15.9 Å². The third kappa shape index (κ3) is 6.09. The molecule has 0 bridgehead atoms. The van der Waals surface area contributed by atoms with Crippen LogP contribution < -0.4 is 14.8 Å². The van der Waals surface area contributed by atoms with Crippen molar-refractivity contribution in [2.45, 2.75) is 31.2 Å². The van der Waals surface area contributed by atoms with Crippen LogP contribution in [0, 0.1) is 13.8 Å². The highest BCUT2D eigenvalue weighted by Crippen LogP contribution is 2.27. The average Bonchev–Trinajstić information content (AvgIpc) is 2.73. The minimum Gasteiger partial charge on any atom is -0.495 e. The van der Waals surface area contributed by atoms with Gasteiger partial charge in [-0.1, -0.05) is 48.0 Å². The standard InChI is InChI=1S/C24H25ClN2O4S/c1-16-11-17(2)13-19(12-16)26-24(28)22(14-18-7-5-4-6-8-18)27-32(29,30)20-9-10-23(31-3)21(25)15-20/h4-13,15,22,27H,14H2,1-3H3,(H,26,28). The monoisotopic (exact) mass is 472 g/mol. The van der Waals surface area contributed by atoms with Crippen molar-refractivity contribution in [1.29, 1.82) is 0 Å². The van der Waals surface area contributed by atoms with Gasteiger partial charge >= 0.3 is 0 Å². The summed E-state index contributed by atoms with van der Waals surface area (Å²) in [6, 6.07) is 18.0. The number of benzene rings is 3. The molecule has 0 aliphatic rings. The lowest BCUT2D eigenvalue weighted by Gasteiger charge is -2.19. The van der Waals surface area contributed by atoms with Crippen molar-refractivity contribution in [3.8, 4) is 5.75 Å². The molecule has 1 amide bonds. The Kier molecular flexibility index (Phi) is 7.56. The number of aryl methyl sites for hydroxylation is 2. The number of carbonyl (C=O) groups excluding carboxylic acids is 1. The summed E-state index contributed by atoms with van der Waals surface area (Å²) in [6.07, 6.45) is 0.181. The summed E-state index contributed by atoms with van der Waals surface area (Å²) in [5.74, 6) is -0.0963. The number of ether oxygens (including phenoxy) is 1. The molecule has 0 heterocycles. The molecule has 0 saturated heterocycles. The summed E-state index contributed by atoms with van der Waals surface area (Å²) in [5.41, 5.74) is 3.42. The Bertz CT molecular complexity index is 1190. The van der Waals surface area contributed by atoms with Gasteiger partial charge in [0, 0.05) is 5.69 Å². The zero-order valence-corrected chi connectivity index (χ0v) is 19.6. The molecule has 3 aromatic carbocycles. The molecular formula is C24H25ClN2O4S. The zero-order valence-electron chi connectivity index (χ0n) is 18.1. The summed E-state index contributed by atoms with van der Waals surface area (Å²) < 4.78 is 33.7. The lowest BCUT2D eigenvalue weighted by Crippen LogP contribution is -2.45. The van der Waals surface area contributed by atoms with Gasteiger partial charge in [-0.05, 0) is 67.3 Å². The maximum absolute atomic E-state index is 13.1. The van der Waals surface area contributed by atoms with Crippen molar-refractivity contribution in [1.82, 2.24) is 4.72 Å². The molecular weight excluding hydrogens is 448 g/mol. The summed E-state index contributed by atoms with van der Waals surface area (Å²) in [5, 5.41) is 3.00. The first-order valence-corrected chi connectivity index (χ1v) is 11.8. The minimum absolute atomic E-state index is 0.0550. The van der Waals surface area contributed by atoms with E-state index < -0.39 is 22.0 Å². The van der Waals surface area contributed by atoms with Gasteiger partial charge in [-0.25, -0.2) is 8.42 Å². The van der Waals surface area contributed by atoms with E-state index >= 15 is 0 Å². The maximum Gasteiger partial charge on any atom is 0.242 e. The van der Waals surface area contributed by atoms with Gasteiger partial charge in [-0.15, -0.1) is 0 Å². The summed E-state index contributed by atoms with van der Waals surface area (Å²) >= 11 is 6.10. The average molecular weight is 473 g/mol. The molecule has 1 atom stereocenters. The van der Waals surface area contributed by atoms with Crippen LogP contribution >= 0.6 is 11.6 Å². The number of rotatable bonds is 8. The van der Waals surface area contributed by atoms with Crippen LogP contribution in [0.25, 0.3) is 0 Å². The SMILES string of the molecule is COc1ccc(S(=O)(=O)NC(Cc2ccccc2)C(=O)Nc2cc(C)cc(C)c2)cc1Cl. The third-order valence-corrected chi connectivity index (χ3v) is 6.58. The van der Waals surface area contributed by atoms with Crippen LogP contribution in [0.5, 0.6) is 5.75 Å². The van der Waals surface area contributed by atoms with Crippen LogP contribution in [-0.2, 0) is 21.2 Å². The molecule has 168 valence electrons. The highest BCUT2D eigenvalue weighted by Gasteiger charge is 2.27. The number of halogens is 1. The smallest absolute Gasteiger partial charge is 0.242 e. The molecule has 0 saturated carbocycles. The molecule has 3 rings (SSSR count). The van der Waals surface area contributed by atoms with Crippen LogP contribution in [0.3, 0.4) is 0 Å². The van der Waals surface area contributed by atoms with Gasteiger partial charge in [0.05, 0.1) is 17.0 Å². The molecule has 8 heteroatoms. The largest absolute Gasteiger partial charge is 0.495 e. The normalized spacial score (nSPS) is 12.2. The number of hydrogen-bond donors (Lipinski definition) is 2. The van der Waals surface area contributed by atoms with E-state index in [1.54, 1.807) is 0 Å². The second-order valence-corrected chi connectivity index (χ2v) is 9.65. The number of nitrogens with one attached hydrogen (secondary N) is 2. The fourth-order valence-corrected chi connectivity index (χ4v) is 4.93. The van der Waals surface area contributed by atoms with Gasteiger partial charge in [0.25, 0.3) is 0 Å². The number of hydrogen-bond acceptors (Lipinski definition) is 4. The fourth-order valence-electron chi connectivity index (χ4n) is 3.38. The molecule has 0 aromatic heterocycles. The van der Waals surface area contributed by atoms with Crippen molar-refractivity contribution < 1.29 is 17.9 Å². The summed E-state index contributed by atoms with van der Waals surface area (Å²) in [7, 11) is -2.59. The van der Waals surface area contributed by atoms with Crippen LogP contribution in [0.15, 0.2) is 71.6 Å². The second-order valence-electron chi connectivity index (χ2n) is 7.53. The number of sulfonamides is 1. The predicted molar refractivity (Wildman–Crippen MR) is 127 cm³/mol. The number of carbonyl (C=O) groups is 1. The summed E-state index contributed by atoms with van der Waals surface area (Å²) in [4.78, 5) is 13.1. The predicted octanol–water partition coefficient (Wildman–Crippen LogP) is 4.49. The molecule has 6 nitrogen and oxygen atoms in total. The Morgan fingerprint density at radius 2 is 1.66 bits per heavy atom. The zero-order chi connectivity index (χ0) is 23.3. The number of methoxy groups -OCH3 is 1. The highest BCUT2D eigenvalue weighted by molar-refractivity contribution is 7.89. The Morgan fingerprint density at radius 1 is 1.00 bits per heavy atom. The van der Waals surface area contributed by atoms with Crippen LogP contribution in [-0.4, -0.2) is 27.5 Å². The molecule has 3 aromatic rings. The van der Waals surface area contributed by atoms with Crippen LogP contribution in [0.2, 0.25) is 5.02 Å². The second kappa shape index (κ2) is 10.2. The van der Waals surface area contributed by atoms with E-state index in [1.165, 1.54) is 25.3 Å². The van der Waals surface area contributed by atoms with Crippen molar-refractivity contribution in [3.05, 3.63) is 88.4 Å². The molecule has 0 aliphatic heterocycles. The quantitative estimate of drug-likeness (QED) is 0.505. The Morgan fingerprint density at radius 3 is 2.25 bits per heavy atom. The first-order chi connectivity index (χ1) is 15.2. The number of anilines is 1. The molecule has 0 spiro atoms. The van der Waals surface area contributed by atoms with Gasteiger partial charge in [0.15, 0.2) is 0 Å². The minimum atomic E-state index is -4.03. The number of amides is 1. The third-order valence-electron chi connectivity index (χ3n) is 4.82. The Labute approximate surface area is 193 Å². The molecule has 2 N–H and O–H groups in total. The van der Waals surface area contributed by atoms with Gasteiger partial charge < -0.3 is 10.1 Å². The van der Waals surface area contributed by atoms with Crippen molar-refractivity contribution in [2.24, 2.45) is 0 Å². The molecule has 0 fully saturated rings. The summed E-state index contributed by atoms with van der Waals surface area (Å²) in [6.45, 7) is 3.86. The molecule has 0 radical (unpaired) electrons. The topological polar surface area (TPSA) is 84.5 Å². The van der Waals surface area contributed by atoms with E-state index in [0.717, 1.165) is 16.7 Å². The lowest BCUT2D eigenvalue weighted by molar-refractivity contribution is -0.117. The first kappa shape index (κ1) is 23.8. The van der Waals surface area contributed by atoms with Gasteiger partial charge in [-0.2, -0.15) is 4.72 Å². The highest BCUT2D eigenvalue weighted by atomic mass is 35.5. The fraction of sp³-hybridized carbons (Fsp3) is 0.208. The van der Waals surface area contributed by atoms with Crippen LogP contribution in [0.1, 0.15) is 16.7 Å². The van der Waals surface area contributed by atoms with Gasteiger partial charge in [-0.3, -0.25) is 4.79 Å². The lowest BCUT2D eigenvalue weighted by atomic mass is 10.1. The van der Waals surface area contributed by atoms with Crippen LogP contribution in [0.4, 0.5) is 5.69 Å². The van der Waals surface area contributed by atoms with Gasteiger partial charge in [0.1, 0.15) is 11.8 Å². The first-order valence-electron chi connectivity index (χ1n) is 9.97. The van der Waals surface area contributed by atoms with E-state index in [2.05, 4.69) is 10.0 Å². The molecule has 1 unspecified atom stereocenters. The Balaban J connectivity index is 1.89. The molecule has 0 aliphatic carbocycles. The van der Waals surface area contributed by atoms with Crippen molar-refractivity contribution in [3.63, 3.8) is 0 Å². The van der Waals surface area contributed by atoms with E-state index in [1.807, 2.05) is 62.4 Å². The Hall–Kier alpha value is -2.87. The van der Waals surface area contributed by atoms with E-state index in [4.69, 9.17) is 16.3 Å². The van der Waals surface area contributed by atoms with Crippen molar-refractivity contribution >= 4 is 33.2 Å².